The van der Waals surface area contributed by atoms with E-state index < -0.39 is 0 Å². The third kappa shape index (κ3) is 7.04. The first-order valence-corrected chi connectivity index (χ1v) is 12.0. The summed E-state index contributed by atoms with van der Waals surface area (Å²) in [6, 6.07) is 27.2. The smallest absolute Gasteiger partial charge is 0.257 e. The molecule has 2 N–H and O–H groups in total. The first-order valence-electron chi connectivity index (χ1n) is 11.6. The van der Waals surface area contributed by atoms with Crippen molar-refractivity contribution in [2.24, 2.45) is 0 Å². The third-order valence-electron chi connectivity index (χ3n) is 5.76. The minimum absolute atomic E-state index is 0.237. The lowest BCUT2D eigenvalue weighted by Gasteiger charge is -2.36. The highest BCUT2D eigenvalue weighted by atomic mass is 32.1. The van der Waals surface area contributed by atoms with Gasteiger partial charge in [0, 0.05) is 49.7 Å². The van der Waals surface area contributed by atoms with Gasteiger partial charge in [-0.2, -0.15) is 0 Å². The fourth-order valence-electron chi connectivity index (χ4n) is 3.91. The highest BCUT2D eigenvalue weighted by Gasteiger charge is 2.16. The second kappa shape index (κ2) is 12.2. The molecule has 0 spiro atoms. The van der Waals surface area contributed by atoms with Crippen molar-refractivity contribution in [1.82, 2.24) is 10.2 Å². The highest BCUT2D eigenvalue weighted by molar-refractivity contribution is 7.80. The van der Waals surface area contributed by atoms with Gasteiger partial charge in [0.2, 0.25) is 0 Å². The second-order valence-electron chi connectivity index (χ2n) is 8.16. The average molecular weight is 475 g/mol. The Morgan fingerprint density at radius 1 is 0.853 bits per heavy atom. The molecular formula is C27H30N4O2S. The van der Waals surface area contributed by atoms with Crippen LogP contribution in [0.3, 0.4) is 0 Å². The molecule has 7 heteroatoms. The van der Waals surface area contributed by atoms with Gasteiger partial charge in [-0.05, 0) is 67.2 Å². The molecule has 1 aliphatic rings. The van der Waals surface area contributed by atoms with Crippen molar-refractivity contribution in [2.45, 2.75) is 6.42 Å². The molecule has 3 aromatic rings. The topological polar surface area (TPSA) is 56.8 Å². The van der Waals surface area contributed by atoms with Crippen molar-refractivity contribution in [3.63, 3.8) is 0 Å². The predicted octanol–water partition coefficient (Wildman–Crippen LogP) is 4.40. The molecular weight excluding hydrogens is 444 g/mol. The summed E-state index contributed by atoms with van der Waals surface area (Å²) in [5.41, 5.74) is 2.67. The van der Waals surface area contributed by atoms with E-state index in [1.807, 2.05) is 42.5 Å². The van der Waals surface area contributed by atoms with Crippen LogP contribution in [0.2, 0.25) is 0 Å². The van der Waals surface area contributed by atoms with E-state index in [9.17, 15) is 4.79 Å². The van der Waals surface area contributed by atoms with Crippen LogP contribution < -0.4 is 20.3 Å². The highest BCUT2D eigenvalue weighted by Crippen LogP contribution is 2.17. The summed E-state index contributed by atoms with van der Waals surface area (Å²) in [5.74, 6) is 0.582. The fraction of sp³-hybridized carbons (Fsp3) is 0.259. The van der Waals surface area contributed by atoms with Crippen LogP contribution in [-0.2, 0) is 0 Å². The number of amides is 1. The molecule has 1 fully saturated rings. The molecule has 0 aromatic heterocycles. The number of benzene rings is 3. The van der Waals surface area contributed by atoms with Crippen LogP contribution in [0.1, 0.15) is 16.8 Å². The standard InChI is InChI=1S/C27H30N4O2S/c32-26(22-8-3-1-4-9-22)29-27(34)28-23-12-14-25(15-13-23)33-21-7-16-30-17-19-31(20-18-30)24-10-5-2-6-11-24/h1-6,8-15H,7,16-21H2,(H2,28,29,32,34). The van der Waals surface area contributed by atoms with E-state index in [1.54, 1.807) is 12.1 Å². The van der Waals surface area contributed by atoms with Gasteiger partial charge < -0.3 is 15.0 Å². The van der Waals surface area contributed by atoms with Gasteiger partial charge in [0.15, 0.2) is 5.11 Å². The van der Waals surface area contributed by atoms with Crippen LogP contribution in [-0.4, -0.2) is 55.3 Å². The molecule has 34 heavy (non-hydrogen) atoms. The number of hydrogen-bond acceptors (Lipinski definition) is 5. The molecule has 0 aliphatic carbocycles. The minimum atomic E-state index is -0.237. The van der Waals surface area contributed by atoms with E-state index in [2.05, 4.69) is 50.8 Å². The number of carbonyl (C=O) groups is 1. The average Bonchev–Trinajstić information content (AvgIpc) is 2.89. The lowest BCUT2D eigenvalue weighted by atomic mass is 10.2. The maximum atomic E-state index is 12.2. The normalized spacial score (nSPS) is 13.8. The maximum Gasteiger partial charge on any atom is 0.257 e. The number of hydrogen-bond donors (Lipinski definition) is 2. The van der Waals surface area contributed by atoms with Crippen LogP contribution >= 0.6 is 12.2 Å². The fourth-order valence-corrected chi connectivity index (χ4v) is 4.12. The van der Waals surface area contributed by atoms with E-state index in [-0.39, 0.29) is 11.0 Å². The van der Waals surface area contributed by atoms with Crippen LogP contribution in [0.4, 0.5) is 11.4 Å². The summed E-state index contributed by atoms with van der Waals surface area (Å²) in [5, 5.41) is 5.97. The van der Waals surface area contributed by atoms with E-state index >= 15 is 0 Å². The minimum Gasteiger partial charge on any atom is -0.494 e. The van der Waals surface area contributed by atoms with Crippen LogP contribution in [0, 0.1) is 0 Å². The summed E-state index contributed by atoms with van der Waals surface area (Å²) in [6.07, 6.45) is 0.987. The molecule has 0 bridgehead atoms. The summed E-state index contributed by atoms with van der Waals surface area (Å²) < 4.78 is 5.90. The Morgan fingerprint density at radius 3 is 2.18 bits per heavy atom. The van der Waals surface area contributed by atoms with Gasteiger partial charge in [0.1, 0.15) is 5.75 Å². The molecule has 1 heterocycles. The second-order valence-corrected chi connectivity index (χ2v) is 8.57. The summed E-state index contributed by atoms with van der Waals surface area (Å²) >= 11 is 5.25. The van der Waals surface area contributed by atoms with Crippen LogP contribution in [0.15, 0.2) is 84.9 Å². The molecule has 1 amide bonds. The van der Waals surface area contributed by atoms with E-state index in [0.717, 1.165) is 50.6 Å². The van der Waals surface area contributed by atoms with Crippen LogP contribution in [0.25, 0.3) is 0 Å². The number of anilines is 2. The van der Waals surface area contributed by atoms with Gasteiger partial charge >= 0.3 is 0 Å². The summed E-state index contributed by atoms with van der Waals surface area (Å²) in [4.78, 5) is 17.1. The number of rotatable bonds is 8. The Balaban J connectivity index is 1.12. The molecule has 3 aromatic carbocycles. The van der Waals surface area contributed by atoms with Gasteiger partial charge in [-0.3, -0.25) is 15.0 Å². The molecule has 6 nitrogen and oxygen atoms in total. The largest absolute Gasteiger partial charge is 0.494 e. The lowest BCUT2D eigenvalue weighted by molar-refractivity contribution is 0.0977. The molecule has 0 unspecified atom stereocenters. The Morgan fingerprint density at radius 2 is 1.50 bits per heavy atom. The van der Waals surface area contributed by atoms with Gasteiger partial charge in [-0.1, -0.05) is 36.4 Å². The van der Waals surface area contributed by atoms with Crippen molar-refractivity contribution < 1.29 is 9.53 Å². The summed E-state index contributed by atoms with van der Waals surface area (Å²) in [6.45, 7) is 6.00. The van der Waals surface area contributed by atoms with Gasteiger partial charge in [0.25, 0.3) is 5.91 Å². The van der Waals surface area contributed by atoms with Crippen molar-refractivity contribution in [1.29, 1.82) is 0 Å². The molecule has 0 radical (unpaired) electrons. The molecule has 176 valence electrons. The molecule has 1 aliphatic heterocycles. The SMILES string of the molecule is O=C(NC(=S)Nc1ccc(OCCCN2CCN(c3ccccc3)CC2)cc1)c1ccccc1. The summed E-state index contributed by atoms with van der Waals surface area (Å²) in [7, 11) is 0. The van der Waals surface area contributed by atoms with E-state index in [4.69, 9.17) is 17.0 Å². The zero-order valence-electron chi connectivity index (χ0n) is 19.2. The Hall–Kier alpha value is -3.42. The number of para-hydroxylation sites is 1. The number of ether oxygens (including phenoxy) is 1. The van der Waals surface area contributed by atoms with Gasteiger partial charge in [-0.25, -0.2) is 0 Å². The van der Waals surface area contributed by atoms with Gasteiger partial charge in [0.05, 0.1) is 6.61 Å². The third-order valence-corrected chi connectivity index (χ3v) is 5.96. The Bertz CT molecular complexity index is 1050. The quantitative estimate of drug-likeness (QED) is 0.373. The number of carbonyl (C=O) groups excluding carboxylic acids is 1. The lowest BCUT2D eigenvalue weighted by Crippen LogP contribution is -2.46. The molecule has 0 saturated carbocycles. The van der Waals surface area contributed by atoms with E-state index in [1.165, 1.54) is 5.69 Å². The van der Waals surface area contributed by atoms with Crippen molar-refractivity contribution in [3.8, 4) is 5.75 Å². The maximum absolute atomic E-state index is 12.2. The van der Waals surface area contributed by atoms with E-state index in [0.29, 0.717) is 12.2 Å². The number of piperazine rings is 1. The number of nitrogens with one attached hydrogen (secondary N) is 2. The predicted molar refractivity (Wildman–Crippen MR) is 142 cm³/mol. The molecule has 4 rings (SSSR count). The molecule has 1 saturated heterocycles. The van der Waals surface area contributed by atoms with Crippen LogP contribution in [0.5, 0.6) is 5.75 Å². The van der Waals surface area contributed by atoms with Crippen molar-refractivity contribution >= 4 is 34.6 Å². The molecule has 0 atom stereocenters. The van der Waals surface area contributed by atoms with Gasteiger partial charge in [-0.15, -0.1) is 0 Å². The monoisotopic (exact) mass is 474 g/mol. The Labute approximate surface area is 206 Å². The van der Waals surface area contributed by atoms with Crippen molar-refractivity contribution in [3.05, 3.63) is 90.5 Å². The van der Waals surface area contributed by atoms with Crippen molar-refractivity contribution in [2.75, 3.05) is 49.5 Å². The number of thiocarbonyl (C=S) groups is 1. The zero-order valence-corrected chi connectivity index (χ0v) is 20.0. The first-order chi connectivity index (χ1) is 16.7. The zero-order chi connectivity index (χ0) is 23.6. The number of nitrogens with zero attached hydrogens (tertiary/aromatic N) is 2. The Kier molecular flexibility index (Phi) is 8.48. The first kappa shape index (κ1) is 23.7.